The summed E-state index contributed by atoms with van der Waals surface area (Å²) in [5.74, 6) is 0. The molecule has 1 rings (SSSR count). The van der Waals surface area contributed by atoms with Gasteiger partial charge in [-0.05, 0) is 30.2 Å². The molecular formula is C9H13NO5S2. The Hall–Kier alpha value is -1.12. The molecule has 2 N–H and O–H groups in total. The summed E-state index contributed by atoms with van der Waals surface area (Å²) in [6.07, 6.45) is 1.35. The van der Waals surface area contributed by atoms with Gasteiger partial charge < -0.3 is 0 Å². The van der Waals surface area contributed by atoms with Crippen molar-refractivity contribution in [3.63, 3.8) is 0 Å². The van der Waals surface area contributed by atoms with Crippen LogP contribution in [0.3, 0.4) is 0 Å². The highest BCUT2D eigenvalue weighted by molar-refractivity contribution is 7.92. The number of benzene rings is 1. The molecule has 0 fully saturated rings. The van der Waals surface area contributed by atoms with E-state index in [1.165, 1.54) is 18.2 Å². The largest absolute Gasteiger partial charge is 0.294 e. The fourth-order valence-corrected chi connectivity index (χ4v) is 2.71. The third-order valence-electron chi connectivity index (χ3n) is 2.02. The first-order chi connectivity index (χ1) is 7.63. The minimum Gasteiger partial charge on any atom is -0.284 e. The molecule has 96 valence electrons. The van der Waals surface area contributed by atoms with Gasteiger partial charge in [-0.15, -0.1) is 0 Å². The third kappa shape index (κ3) is 3.99. The van der Waals surface area contributed by atoms with Crippen LogP contribution in [-0.2, 0) is 26.6 Å². The summed E-state index contributed by atoms with van der Waals surface area (Å²) >= 11 is 0. The molecule has 17 heavy (non-hydrogen) atoms. The van der Waals surface area contributed by atoms with Gasteiger partial charge in [-0.3, -0.25) is 9.27 Å². The number of hydrogen-bond donors (Lipinski definition) is 2. The standard InChI is InChI=1S/C9H13NO5S2/c1-3-7-6-8(10-16(2,11)12)4-5-9(7)17(13,14)15/h4-6,10H,3H2,1-2H3,(H,13,14,15). The molecule has 0 aromatic heterocycles. The molecule has 0 saturated carbocycles. The second kappa shape index (κ2) is 4.63. The molecule has 0 aliphatic carbocycles. The van der Waals surface area contributed by atoms with E-state index in [1.54, 1.807) is 6.92 Å². The molecule has 0 atom stereocenters. The van der Waals surface area contributed by atoms with E-state index in [-0.39, 0.29) is 10.6 Å². The quantitative estimate of drug-likeness (QED) is 0.796. The lowest BCUT2D eigenvalue weighted by atomic mass is 10.1. The number of anilines is 1. The van der Waals surface area contributed by atoms with Gasteiger partial charge in [0.15, 0.2) is 0 Å². The summed E-state index contributed by atoms with van der Waals surface area (Å²) in [5, 5.41) is 0. The van der Waals surface area contributed by atoms with E-state index in [2.05, 4.69) is 4.72 Å². The first-order valence-corrected chi connectivity index (χ1v) is 8.05. The van der Waals surface area contributed by atoms with E-state index in [1.807, 2.05) is 0 Å². The van der Waals surface area contributed by atoms with Crippen LogP contribution < -0.4 is 4.72 Å². The zero-order valence-corrected chi connectivity index (χ0v) is 11.0. The molecule has 0 heterocycles. The van der Waals surface area contributed by atoms with Crippen molar-refractivity contribution in [2.45, 2.75) is 18.2 Å². The van der Waals surface area contributed by atoms with Crippen molar-refractivity contribution in [3.8, 4) is 0 Å². The van der Waals surface area contributed by atoms with Gasteiger partial charge in [-0.25, -0.2) is 8.42 Å². The third-order valence-corrected chi connectivity index (χ3v) is 3.58. The van der Waals surface area contributed by atoms with Crippen molar-refractivity contribution < 1.29 is 21.4 Å². The highest BCUT2D eigenvalue weighted by Gasteiger charge is 2.15. The Kier molecular flexibility index (Phi) is 3.80. The molecule has 8 heteroatoms. The van der Waals surface area contributed by atoms with Crippen molar-refractivity contribution in [1.29, 1.82) is 0 Å². The smallest absolute Gasteiger partial charge is 0.284 e. The second-order valence-corrected chi connectivity index (χ2v) is 6.66. The van der Waals surface area contributed by atoms with E-state index >= 15 is 0 Å². The molecule has 0 aliphatic rings. The van der Waals surface area contributed by atoms with Crippen molar-refractivity contribution >= 4 is 25.8 Å². The summed E-state index contributed by atoms with van der Waals surface area (Å²) < 4.78 is 55.2. The van der Waals surface area contributed by atoms with E-state index in [0.717, 1.165) is 6.26 Å². The fraction of sp³-hybridized carbons (Fsp3) is 0.333. The van der Waals surface area contributed by atoms with Gasteiger partial charge in [0.1, 0.15) is 0 Å². The monoisotopic (exact) mass is 279 g/mol. The number of nitrogens with one attached hydrogen (secondary N) is 1. The van der Waals surface area contributed by atoms with Crippen LogP contribution >= 0.6 is 0 Å². The molecule has 1 aromatic carbocycles. The van der Waals surface area contributed by atoms with Gasteiger partial charge in [-0.2, -0.15) is 8.42 Å². The van der Waals surface area contributed by atoms with Crippen LogP contribution in [0.4, 0.5) is 5.69 Å². The molecule has 6 nitrogen and oxygen atoms in total. The lowest BCUT2D eigenvalue weighted by Gasteiger charge is -2.09. The maximum atomic E-state index is 11.0. The molecule has 0 bridgehead atoms. The number of hydrogen-bond acceptors (Lipinski definition) is 4. The Morgan fingerprint density at radius 3 is 2.24 bits per heavy atom. The van der Waals surface area contributed by atoms with Crippen LogP contribution in [0, 0.1) is 0 Å². The zero-order valence-electron chi connectivity index (χ0n) is 9.34. The first kappa shape index (κ1) is 13.9. The fourth-order valence-electron chi connectivity index (χ4n) is 1.38. The summed E-state index contributed by atoms with van der Waals surface area (Å²) in [7, 11) is -7.70. The number of sulfonamides is 1. The molecule has 0 spiro atoms. The average Bonchev–Trinajstić information content (AvgIpc) is 2.13. The van der Waals surface area contributed by atoms with Gasteiger partial charge in [0, 0.05) is 5.69 Å². The van der Waals surface area contributed by atoms with E-state index < -0.39 is 20.1 Å². The SMILES string of the molecule is CCc1cc(NS(C)(=O)=O)ccc1S(=O)(=O)O. The van der Waals surface area contributed by atoms with Crippen LogP contribution in [0.15, 0.2) is 23.1 Å². The summed E-state index contributed by atoms with van der Waals surface area (Å²) in [4.78, 5) is -0.209. The van der Waals surface area contributed by atoms with Crippen molar-refractivity contribution in [1.82, 2.24) is 0 Å². The highest BCUT2D eigenvalue weighted by Crippen LogP contribution is 2.21. The molecule has 0 radical (unpaired) electrons. The molecule has 1 aromatic rings. The van der Waals surface area contributed by atoms with Gasteiger partial charge in [0.2, 0.25) is 10.0 Å². The first-order valence-electron chi connectivity index (χ1n) is 4.71. The van der Waals surface area contributed by atoms with Crippen LogP contribution in [0.2, 0.25) is 0 Å². The van der Waals surface area contributed by atoms with Crippen LogP contribution in [0.25, 0.3) is 0 Å². The van der Waals surface area contributed by atoms with Crippen LogP contribution in [0.1, 0.15) is 12.5 Å². The summed E-state index contributed by atoms with van der Waals surface area (Å²) in [6, 6.07) is 3.83. The topological polar surface area (TPSA) is 101 Å². The molecule has 0 amide bonds. The normalized spacial score (nSPS) is 12.4. The Balaban J connectivity index is 3.28. The zero-order chi connectivity index (χ0) is 13.3. The van der Waals surface area contributed by atoms with E-state index in [4.69, 9.17) is 4.55 Å². The maximum absolute atomic E-state index is 11.0. The summed E-state index contributed by atoms with van der Waals surface area (Å²) in [6.45, 7) is 1.70. The van der Waals surface area contributed by atoms with Gasteiger partial charge in [0.05, 0.1) is 11.2 Å². The Labute approximate surface area is 100 Å². The maximum Gasteiger partial charge on any atom is 0.294 e. The lowest BCUT2D eigenvalue weighted by molar-refractivity contribution is 0.482. The number of rotatable bonds is 4. The van der Waals surface area contributed by atoms with Crippen molar-refractivity contribution in [3.05, 3.63) is 23.8 Å². The second-order valence-electron chi connectivity index (χ2n) is 3.53. The Morgan fingerprint density at radius 2 is 1.82 bits per heavy atom. The molecule has 0 saturated heterocycles. The van der Waals surface area contributed by atoms with E-state index in [9.17, 15) is 16.8 Å². The molecule has 0 unspecified atom stereocenters. The minimum atomic E-state index is -4.28. The lowest BCUT2D eigenvalue weighted by Crippen LogP contribution is -2.10. The van der Waals surface area contributed by atoms with Crippen LogP contribution in [0.5, 0.6) is 0 Å². The average molecular weight is 279 g/mol. The predicted molar refractivity (Wildman–Crippen MR) is 64.1 cm³/mol. The Bertz CT molecular complexity index is 619. The molecular weight excluding hydrogens is 266 g/mol. The van der Waals surface area contributed by atoms with Gasteiger partial charge in [0.25, 0.3) is 10.1 Å². The Morgan fingerprint density at radius 1 is 1.24 bits per heavy atom. The van der Waals surface area contributed by atoms with Crippen LogP contribution in [-0.4, -0.2) is 27.6 Å². The van der Waals surface area contributed by atoms with Crippen molar-refractivity contribution in [2.75, 3.05) is 11.0 Å². The highest BCUT2D eigenvalue weighted by atomic mass is 32.2. The minimum absolute atomic E-state index is 0.209. The number of aryl methyl sites for hydroxylation is 1. The summed E-state index contributed by atoms with van der Waals surface area (Å²) in [5.41, 5.74) is 0.609. The molecule has 0 aliphatic heterocycles. The van der Waals surface area contributed by atoms with Gasteiger partial charge in [-0.1, -0.05) is 6.92 Å². The van der Waals surface area contributed by atoms with Crippen molar-refractivity contribution in [2.24, 2.45) is 0 Å². The van der Waals surface area contributed by atoms with Gasteiger partial charge >= 0.3 is 0 Å². The predicted octanol–water partition coefficient (Wildman–Crippen LogP) is 0.867. The van der Waals surface area contributed by atoms with E-state index in [0.29, 0.717) is 12.0 Å².